The fourth-order valence-electron chi connectivity index (χ4n) is 1.98. The van der Waals surface area contributed by atoms with Crippen molar-refractivity contribution in [1.29, 1.82) is 0 Å². The molecule has 0 unspecified atom stereocenters. The van der Waals surface area contributed by atoms with Gasteiger partial charge in [-0.05, 0) is 43.0 Å². The Morgan fingerprint density at radius 2 is 1.89 bits per heavy atom. The van der Waals surface area contributed by atoms with Crippen molar-refractivity contribution in [2.24, 2.45) is 7.05 Å². The maximum Gasteiger partial charge on any atom is 0.122 e. The third-order valence-corrected chi connectivity index (χ3v) is 4.46. The second-order valence-electron chi connectivity index (χ2n) is 5.23. The Labute approximate surface area is 119 Å². The summed E-state index contributed by atoms with van der Waals surface area (Å²) in [4.78, 5) is 1.20. The van der Waals surface area contributed by atoms with E-state index in [1.54, 1.807) is 11.8 Å². The van der Waals surface area contributed by atoms with Crippen molar-refractivity contribution in [2.75, 3.05) is 5.73 Å². The van der Waals surface area contributed by atoms with E-state index >= 15 is 0 Å². The van der Waals surface area contributed by atoms with Gasteiger partial charge in [0, 0.05) is 11.9 Å². The monoisotopic (exact) mass is 275 g/mol. The number of nitrogen functional groups attached to an aromatic ring is 1. The maximum absolute atomic E-state index is 6.22. The van der Waals surface area contributed by atoms with E-state index in [-0.39, 0.29) is 0 Å². The Kier molecular flexibility index (Phi) is 3.90. The molecule has 0 amide bonds. The van der Waals surface area contributed by atoms with Gasteiger partial charge in [0.05, 0.1) is 11.4 Å². The number of hydrogen-bond donors (Lipinski definition) is 1. The van der Waals surface area contributed by atoms with E-state index in [2.05, 4.69) is 51.0 Å². The Hall–Kier alpha value is -1.42. The van der Waals surface area contributed by atoms with Gasteiger partial charge in [-0.3, -0.25) is 4.68 Å². The Morgan fingerprint density at radius 3 is 2.42 bits per heavy atom. The van der Waals surface area contributed by atoms with Crippen LogP contribution in [0.15, 0.2) is 28.1 Å². The van der Waals surface area contributed by atoms with Crippen molar-refractivity contribution < 1.29 is 0 Å². The van der Waals surface area contributed by atoms with E-state index in [1.165, 1.54) is 16.0 Å². The first kappa shape index (κ1) is 14.0. The lowest BCUT2D eigenvalue weighted by Gasteiger charge is -2.06. The summed E-state index contributed by atoms with van der Waals surface area (Å²) in [5.74, 6) is 0.348. The van der Waals surface area contributed by atoms with Gasteiger partial charge in [0.25, 0.3) is 0 Å². The molecular weight excluding hydrogens is 254 g/mol. The highest BCUT2D eigenvalue weighted by atomic mass is 32.2. The van der Waals surface area contributed by atoms with Crippen LogP contribution in [-0.2, 0) is 7.05 Å². The zero-order valence-corrected chi connectivity index (χ0v) is 13.0. The van der Waals surface area contributed by atoms with Crippen LogP contribution in [0, 0.1) is 13.8 Å². The van der Waals surface area contributed by atoms with Gasteiger partial charge in [-0.25, -0.2) is 0 Å². The van der Waals surface area contributed by atoms with Gasteiger partial charge in [-0.1, -0.05) is 31.7 Å². The highest BCUT2D eigenvalue weighted by Gasteiger charge is 2.16. The van der Waals surface area contributed by atoms with Gasteiger partial charge in [0.2, 0.25) is 0 Å². The van der Waals surface area contributed by atoms with Crippen LogP contribution in [0.3, 0.4) is 0 Å². The lowest BCUT2D eigenvalue weighted by Crippen LogP contribution is -1.94. The van der Waals surface area contributed by atoms with Crippen molar-refractivity contribution in [2.45, 2.75) is 43.5 Å². The minimum absolute atomic E-state index is 0.348. The van der Waals surface area contributed by atoms with Gasteiger partial charge < -0.3 is 5.73 Å². The molecule has 0 spiro atoms. The first-order chi connectivity index (χ1) is 8.90. The second kappa shape index (κ2) is 5.29. The summed E-state index contributed by atoms with van der Waals surface area (Å²) >= 11 is 1.68. The minimum atomic E-state index is 0.348. The van der Waals surface area contributed by atoms with Crippen LogP contribution in [0.5, 0.6) is 0 Å². The molecule has 3 nitrogen and oxygen atoms in total. The van der Waals surface area contributed by atoms with Crippen molar-refractivity contribution >= 4 is 17.4 Å². The molecule has 0 atom stereocenters. The molecular formula is C15H21N3S. The molecule has 0 aliphatic heterocycles. The molecule has 0 bridgehead atoms. The SMILES string of the molecule is Cc1ccc(Sc2c(N)c(C(C)C)nn2C)cc1C. The molecule has 2 rings (SSSR count). The molecule has 4 heteroatoms. The summed E-state index contributed by atoms with van der Waals surface area (Å²) in [5.41, 5.74) is 10.6. The molecule has 0 aliphatic carbocycles. The summed E-state index contributed by atoms with van der Waals surface area (Å²) < 4.78 is 1.88. The smallest absolute Gasteiger partial charge is 0.122 e. The van der Waals surface area contributed by atoms with Gasteiger partial charge >= 0.3 is 0 Å². The van der Waals surface area contributed by atoms with Crippen LogP contribution in [0.4, 0.5) is 5.69 Å². The average Bonchev–Trinajstić information content (AvgIpc) is 2.62. The molecule has 0 radical (unpaired) electrons. The Bertz CT molecular complexity index is 600. The van der Waals surface area contributed by atoms with E-state index < -0.39 is 0 Å². The molecule has 102 valence electrons. The van der Waals surface area contributed by atoms with E-state index in [9.17, 15) is 0 Å². The molecule has 0 aliphatic rings. The van der Waals surface area contributed by atoms with Crippen molar-refractivity contribution in [3.8, 4) is 0 Å². The largest absolute Gasteiger partial charge is 0.395 e. The molecule has 0 saturated heterocycles. The van der Waals surface area contributed by atoms with Crippen molar-refractivity contribution in [3.05, 3.63) is 35.0 Å². The normalized spacial score (nSPS) is 11.3. The number of nitrogens with two attached hydrogens (primary N) is 1. The number of anilines is 1. The van der Waals surface area contributed by atoms with E-state index in [0.717, 1.165) is 16.4 Å². The quantitative estimate of drug-likeness (QED) is 0.924. The molecule has 1 heterocycles. The van der Waals surface area contributed by atoms with Crippen molar-refractivity contribution in [3.63, 3.8) is 0 Å². The lowest BCUT2D eigenvalue weighted by molar-refractivity contribution is 0.671. The summed E-state index contributed by atoms with van der Waals surface area (Å²) in [6.45, 7) is 8.48. The first-order valence-corrected chi connectivity index (χ1v) is 7.29. The Balaban J connectivity index is 2.35. The van der Waals surface area contributed by atoms with Gasteiger partial charge in [0.15, 0.2) is 0 Å². The van der Waals surface area contributed by atoms with Crippen LogP contribution >= 0.6 is 11.8 Å². The first-order valence-electron chi connectivity index (χ1n) is 6.47. The number of rotatable bonds is 3. The zero-order valence-electron chi connectivity index (χ0n) is 12.2. The maximum atomic E-state index is 6.22. The number of aryl methyl sites for hydroxylation is 3. The fraction of sp³-hybridized carbons (Fsp3) is 0.400. The number of nitrogens with zero attached hydrogens (tertiary/aromatic N) is 2. The van der Waals surface area contributed by atoms with Gasteiger partial charge in [0.1, 0.15) is 5.03 Å². The molecule has 0 saturated carbocycles. The topological polar surface area (TPSA) is 43.8 Å². The van der Waals surface area contributed by atoms with Gasteiger partial charge in [-0.15, -0.1) is 0 Å². The summed E-state index contributed by atoms with van der Waals surface area (Å²) in [5, 5.41) is 5.54. The molecule has 1 aromatic heterocycles. The highest BCUT2D eigenvalue weighted by Crippen LogP contribution is 2.36. The minimum Gasteiger partial charge on any atom is -0.395 e. The van der Waals surface area contributed by atoms with Crippen LogP contribution in [-0.4, -0.2) is 9.78 Å². The second-order valence-corrected chi connectivity index (χ2v) is 6.29. The van der Waals surface area contributed by atoms with Gasteiger partial charge in [-0.2, -0.15) is 5.10 Å². The van der Waals surface area contributed by atoms with E-state index in [1.807, 2.05) is 11.7 Å². The molecule has 19 heavy (non-hydrogen) atoms. The molecule has 2 aromatic rings. The molecule has 1 aromatic carbocycles. The summed E-state index contributed by atoms with van der Waals surface area (Å²) in [6.07, 6.45) is 0. The molecule has 0 fully saturated rings. The number of aromatic nitrogens is 2. The van der Waals surface area contributed by atoms with Crippen molar-refractivity contribution in [1.82, 2.24) is 9.78 Å². The zero-order chi connectivity index (χ0) is 14.2. The van der Waals surface area contributed by atoms with Crippen LogP contribution in [0.1, 0.15) is 36.6 Å². The summed E-state index contributed by atoms with van der Waals surface area (Å²) in [6, 6.07) is 6.48. The standard InChI is InChI=1S/C15H21N3S/c1-9(2)14-13(16)15(18(5)17-14)19-12-7-6-10(3)11(4)8-12/h6-9H,16H2,1-5H3. The Morgan fingerprint density at radius 1 is 1.21 bits per heavy atom. The van der Waals surface area contributed by atoms with E-state index in [4.69, 9.17) is 5.73 Å². The van der Waals surface area contributed by atoms with E-state index in [0.29, 0.717) is 5.92 Å². The lowest BCUT2D eigenvalue weighted by atomic mass is 10.1. The summed E-state index contributed by atoms with van der Waals surface area (Å²) in [7, 11) is 1.95. The third-order valence-electron chi connectivity index (χ3n) is 3.30. The highest BCUT2D eigenvalue weighted by molar-refractivity contribution is 7.99. The number of hydrogen-bond acceptors (Lipinski definition) is 3. The molecule has 2 N–H and O–H groups in total. The van der Waals surface area contributed by atoms with Crippen LogP contribution in [0.2, 0.25) is 0 Å². The number of benzene rings is 1. The van der Waals surface area contributed by atoms with Crippen LogP contribution < -0.4 is 5.73 Å². The average molecular weight is 275 g/mol. The predicted octanol–water partition coefficient (Wildman–Crippen LogP) is 3.89. The third kappa shape index (κ3) is 2.78. The fourth-order valence-corrected chi connectivity index (χ4v) is 2.96. The predicted molar refractivity (Wildman–Crippen MR) is 81.7 cm³/mol. The van der Waals surface area contributed by atoms with Crippen LogP contribution in [0.25, 0.3) is 0 Å².